The van der Waals surface area contributed by atoms with E-state index in [-0.39, 0.29) is 5.82 Å². The van der Waals surface area contributed by atoms with E-state index in [1.165, 1.54) is 6.07 Å². The summed E-state index contributed by atoms with van der Waals surface area (Å²) in [4.78, 5) is 2.07. The summed E-state index contributed by atoms with van der Waals surface area (Å²) in [6, 6.07) is 7.18. The summed E-state index contributed by atoms with van der Waals surface area (Å²) in [6.07, 6.45) is 1.29. The number of hydrogen-bond donors (Lipinski definition) is 0. The molecule has 0 aliphatic heterocycles. The molecule has 0 atom stereocenters. The molecule has 18 heavy (non-hydrogen) atoms. The zero-order valence-corrected chi connectivity index (χ0v) is 10.9. The van der Waals surface area contributed by atoms with Crippen molar-refractivity contribution in [3.8, 4) is 11.8 Å². The largest absolute Gasteiger partial charge is 0.491 e. The summed E-state index contributed by atoms with van der Waals surface area (Å²) < 4.78 is 18.7. The average molecular weight is 250 g/mol. The Balaban J connectivity index is 2.48. The molecule has 4 heteroatoms. The minimum atomic E-state index is -0.311. The first-order valence-electron chi connectivity index (χ1n) is 6.14. The van der Waals surface area contributed by atoms with E-state index >= 15 is 0 Å². The highest BCUT2D eigenvalue weighted by Gasteiger charge is 2.05. The first kappa shape index (κ1) is 14.5. The summed E-state index contributed by atoms with van der Waals surface area (Å²) in [6.45, 7) is 3.86. The van der Waals surface area contributed by atoms with Gasteiger partial charge in [-0.3, -0.25) is 0 Å². The molecule has 0 saturated heterocycles. The molecule has 0 amide bonds. The van der Waals surface area contributed by atoms with E-state index in [0.717, 1.165) is 25.1 Å². The quantitative estimate of drug-likeness (QED) is 0.746. The van der Waals surface area contributed by atoms with Crippen LogP contribution in [0.2, 0.25) is 0 Å². The summed E-state index contributed by atoms with van der Waals surface area (Å²) in [5.74, 6) is -0.00638. The third kappa shape index (κ3) is 4.72. The molecule has 1 aromatic rings. The second-order valence-electron chi connectivity index (χ2n) is 4.16. The Morgan fingerprint density at radius 3 is 2.78 bits per heavy atom. The highest BCUT2D eigenvalue weighted by atomic mass is 19.1. The number of rotatable bonds is 7. The fraction of sp³-hybridized carbons (Fsp3) is 0.500. The van der Waals surface area contributed by atoms with Crippen molar-refractivity contribution < 1.29 is 9.13 Å². The van der Waals surface area contributed by atoms with Gasteiger partial charge in [-0.05, 0) is 38.1 Å². The lowest BCUT2D eigenvalue weighted by Gasteiger charge is -2.14. The van der Waals surface area contributed by atoms with Crippen LogP contribution < -0.4 is 4.74 Å². The van der Waals surface area contributed by atoms with Crippen molar-refractivity contribution in [2.75, 3.05) is 26.7 Å². The van der Waals surface area contributed by atoms with E-state index in [4.69, 9.17) is 10.00 Å². The molecule has 98 valence electrons. The van der Waals surface area contributed by atoms with Gasteiger partial charge < -0.3 is 9.64 Å². The van der Waals surface area contributed by atoms with Gasteiger partial charge in [-0.25, -0.2) is 4.39 Å². The van der Waals surface area contributed by atoms with E-state index in [0.29, 0.717) is 18.8 Å². The Hall–Kier alpha value is -1.60. The van der Waals surface area contributed by atoms with Crippen LogP contribution in [0.3, 0.4) is 0 Å². The first-order chi connectivity index (χ1) is 8.67. The van der Waals surface area contributed by atoms with Crippen molar-refractivity contribution in [2.45, 2.75) is 19.8 Å². The molecule has 1 rings (SSSR count). The maximum atomic E-state index is 13.6. The first-order valence-corrected chi connectivity index (χ1v) is 6.14. The number of benzene rings is 1. The van der Waals surface area contributed by atoms with Gasteiger partial charge in [0.15, 0.2) is 11.6 Å². The van der Waals surface area contributed by atoms with Crippen molar-refractivity contribution in [1.82, 2.24) is 4.90 Å². The lowest BCUT2D eigenvalue weighted by molar-refractivity contribution is 0.320. The number of likely N-dealkylation sites (N-methyl/N-ethyl adjacent to an activating group) is 1. The van der Waals surface area contributed by atoms with Crippen molar-refractivity contribution >= 4 is 0 Å². The van der Waals surface area contributed by atoms with Crippen molar-refractivity contribution in [3.05, 3.63) is 29.6 Å². The van der Waals surface area contributed by atoms with Gasteiger partial charge in [0.05, 0.1) is 12.7 Å². The minimum Gasteiger partial charge on any atom is -0.491 e. The number of nitrogens with zero attached hydrogens (tertiary/aromatic N) is 2. The Morgan fingerprint density at radius 1 is 1.39 bits per heavy atom. The fourth-order valence-corrected chi connectivity index (χ4v) is 1.65. The highest BCUT2D eigenvalue weighted by Crippen LogP contribution is 2.18. The van der Waals surface area contributed by atoms with Crippen LogP contribution in [0.5, 0.6) is 5.75 Å². The number of halogens is 1. The number of ether oxygens (including phenoxy) is 1. The fourth-order valence-electron chi connectivity index (χ4n) is 1.65. The average Bonchev–Trinajstić information content (AvgIpc) is 2.37. The van der Waals surface area contributed by atoms with Crippen LogP contribution in [0.1, 0.15) is 18.9 Å². The van der Waals surface area contributed by atoms with Crippen LogP contribution in [0.4, 0.5) is 4.39 Å². The smallest absolute Gasteiger partial charge is 0.165 e. The summed E-state index contributed by atoms with van der Waals surface area (Å²) in [5, 5.41) is 8.48. The van der Waals surface area contributed by atoms with E-state index in [9.17, 15) is 4.39 Å². The minimum absolute atomic E-state index is 0.305. The zero-order valence-electron chi connectivity index (χ0n) is 10.9. The normalized spacial score (nSPS) is 10.4. The second-order valence-corrected chi connectivity index (χ2v) is 4.16. The number of hydrogen-bond acceptors (Lipinski definition) is 3. The SMILES string of the molecule is CCOc1ccc(CCN(C)CCC#N)cc1F. The van der Waals surface area contributed by atoms with Gasteiger partial charge >= 0.3 is 0 Å². The molecule has 0 heterocycles. The van der Waals surface area contributed by atoms with Gasteiger partial charge in [-0.15, -0.1) is 0 Å². The molecule has 0 fully saturated rings. The van der Waals surface area contributed by atoms with E-state index in [2.05, 4.69) is 11.0 Å². The molecule has 0 saturated carbocycles. The maximum Gasteiger partial charge on any atom is 0.165 e. The molecule has 0 unspecified atom stereocenters. The molecule has 0 aliphatic rings. The van der Waals surface area contributed by atoms with Crippen LogP contribution in [0.15, 0.2) is 18.2 Å². The molecule has 0 aromatic heterocycles. The standard InChI is InChI=1S/C14H19FN2O/c1-3-18-14-6-5-12(11-13(14)15)7-10-17(2)9-4-8-16/h5-6,11H,3-4,7,9-10H2,1-2H3. The van der Waals surface area contributed by atoms with E-state index in [1.54, 1.807) is 6.07 Å². The molecule has 0 bridgehead atoms. The Morgan fingerprint density at radius 2 is 2.17 bits per heavy atom. The predicted octanol–water partition coefficient (Wildman–Crippen LogP) is 2.61. The lowest BCUT2D eigenvalue weighted by Crippen LogP contribution is -2.22. The van der Waals surface area contributed by atoms with Gasteiger partial charge in [-0.2, -0.15) is 5.26 Å². The Labute approximate surface area is 108 Å². The third-order valence-electron chi connectivity index (χ3n) is 2.68. The van der Waals surface area contributed by atoms with Crippen LogP contribution in [0, 0.1) is 17.1 Å². The van der Waals surface area contributed by atoms with Crippen molar-refractivity contribution in [3.63, 3.8) is 0 Å². The number of nitriles is 1. The summed E-state index contributed by atoms with van der Waals surface area (Å²) in [7, 11) is 1.96. The molecule has 0 N–H and O–H groups in total. The van der Waals surface area contributed by atoms with Crippen molar-refractivity contribution in [1.29, 1.82) is 5.26 Å². The molecular formula is C14H19FN2O. The van der Waals surface area contributed by atoms with E-state index < -0.39 is 0 Å². The second kappa shape index (κ2) is 7.67. The van der Waals surface area contributed by atoms with Crippen LogP contribution in [0.25, 0.3) is 0 Å². The van der Waals surface area contributed by atoms with Gasteiger partial charge in [0.2, 0.25) is 0 Å². The maximum absolute atomic E-state index is 13.6. The van der Waals surface area contributed by atoms with Gasteiger partial charge in [-0.1, -0.05) is 6.07 Å². The molecular weight excluding hydrogens is 231 g/mol. The molecule has 0 aliphatic carbocycles. The van der Waals surface area contributed by atoms with Gasteiger partial charge in [0.25, 0.3) is 0 Å². The Kier molecular flexibility index (Phi) is 6.16. The monoisotopic (exact) mass is 250 g/mol. The molecule has 0 spiro atoms. The van der Waals surface area contributed by atoms with Crippen LogP contribution in [-0.2, 0) is 6.42 Å². The zero-order chi connectivity index (χ0) is 13.4. The lowest BCUT2D eigenvalue weighted by atomic mass is 10.1. The molecule has 1 aromatic carbocycles. The predicted molar refractivity (Wildman–Crippen MR) is 69.0 cm³/mol. The third-order valence-corrected chi connectivity index (χ3v) is 2.68. The van der Waals surface area contributed by atoms with Crippen LogP contribution in [-0.4, -0.2) is 31.6 Å². The Bertz CT molecular complexity index is 415. The van der Waals surface area contributed by atoms with Crippen LogP contribution >= 0.6 is 0 Å². The van der Waals surface area contributed by atoms with Gasteiger partial charge in [0, 0.05) is 19.5 Å². The van der Waals surface area contributed by atoms with E-state index in [1.807, 2.05) is 20.0 Å². The molecule has 3 nitrogen and oxygen atoms in total. The van der Waals surface area contributed by atoms with Gasteiger partial charge in [0.1, 0.15) is 0 Å². The molecule has 0 radical (unpaired) electrons. The topological polar surface area (TPSA) is 36.3 Å². The highest BCUT2D eigenvalue weighted by molar-refractivity contribution is 5.29. The van der Waals surface area contributed by atoms with Crippen molar-refractivity contribution in [2.24, 2.45) is 0 Å². The summed E-state index contributed by atoms with van der Waals surface area (Å²) >= 11 is 0. The summed E-state index contributed by atoms with van der Waals surface area (Å²) in [5.41, 5.74) is 0.944.